The van der Waals surface area contributed by atoms with Gasteiger partial charge in [-0.05, 0) is 30.7 Å². The standard InChI is InChI=1S/C22H22ClFN2O2S.ClH/c1-14(20(15-5-3-2-4-6-15)26-9-11-28-12-10-26)25-22(27)21-19(23)17-8-7-16(24)13-18(17)29-21;/h2-8,13-14,20H,9-12H2,1H3,(H,25,27);1H. The molecular weight excluding hydrogens is 446 g/mol. The number of nitrogens with zero attached hydrogens (tertiary/aromatic N) is 1. The second-order valence-corrected chi connectivity index (χ2v) is 8.58. The summed E-state index contributed by atoms with van der Waals surface area (Å²) < 4.78 is 19.7. The maximum atomic E-state index is 13.5. The first-order valence-corrected chi connectivity index (χ1v) is 10.8. The zero-order chi connectivity index (χ0) is 20.4. The zero-order valence-corrected chi connectivity index (χ0v) is 18.8. The van der Waals surface area contributed by atoms with E-state index < -0.39 is 0 Å². The number of rotatable bonds is 5. The summed E-state index contributed by atoms with van der Waals surface area (Å²) in [5.74, 6) is -0.578. The molecule has 0 aliphatic carbocycles. The molecule has 2 unspecified atom stereocenters. The van der Waals surface area contributed by atoms with E-state index in [9.17, 15) is 9.18 Å². The lowest BCUT2D eigenvalue weighted by molar-refractivity contribution is 0.00890. The number of morpholine rings is 1. The highest BCUT2D eigenvalue weighted by molar-refractivity contribution is 7.21. The van der Waals surface area contributed by atoms with Crippen LogP contribution < -0.4 is 5.32 Å². The van der Waals surface area contributed by atoms with E-state index >= 15 is 0 Å². The summed E-state index contributed by atoms with van der Waals surface area (Å²) in [6.45, 7) is 4.98. The quantitative estimate of drug-likeness (QED) is 0.551. The minimum absolute atomic E-state index is 0. The van der Waals surface area contributed by atoms with Crippen molar-refractivity contribution >= 4 is 51.3 Å². The number of carbonyl (C=O) groups is 1. The SMILES string of the molecule is CC(NC(=O)c1sc2cc(F)ccc2c1Cl)C(c1ccccc1)N1CCOCC1.Cl. The van der Waals surface area contributed by atoms with Crippen molar-refractivity contribution in [1.29, 1.82) is 0 Å². The van der Waals surface area contributed by atoms with Crippen LogP contribution in [0, 0.1) is 5.82 Å². The molecule has 160 valence electrons. The number of carbonyl (C=O) groups excluding carboxylic acids is 1. The summed E-state index contributed by atoms with van der Waals surface area (Å²) in [6.07, 6.45) is 0. The van der Waals surface area contributed by atoms with Gasteiger partial charge in [-0.3, -0.25) is 9.69 Å². The monoisotopic (exact) mass is 468 g/mol. The summed E-state index contributed by atoms with van der Waals surface area (Å²) in [4.78, 5) is 15.8. The van der Waals surface area contributed by atoms with Crippen molar-refractivity contribution in [2.75, 3.05) is 26.3 Å². The third-order valence-electron chi connectivity index (χ3n) is 5.21. The number of fused-ring (bicyclic) bond motifs is 1. The van der Waals surface area contributed by atoms with Crippen LogP contribution in [0.15, 0.2) is 48.5 Å². The van der Waals surface area contributed by atoms with E-state index in [4.69, 9.17) is 16.3 Å². The molecule has 2 aromatic carbocycles. The molecule has 1 aromatic heterocycles. The average molecular weight is 469 g/mol. The van der Waals surface area contributed by atoms with Gasteiger partial charge in [-0.25, -0.2) is 4.39 Å². The number of hydrogen-bond acceptors (Lipinski definition) is 4. The Labute approximate surface area is 190 Å². The minimum Gasteiger partial charge on any atom is -0.379 e. The highest BCUT2D eigenvalue weighted by Gasteiger charge is 2.29. The predicted octanol–water partition coefficient (Wildman–Crippen LogP) is 5.31. The maximum absolute atomic E-state index is 13.5. The minimum atomic E-state index is -0.341. The van der Waals surface area contributed by atoms with Crippen LogP contribution >= 0.6 is 35.3 Å². The number of ether oxygens (including phenoxy) is 1. The molecule has 1 amide bonds. The van der Waals surface area contributed by atoms with E-state index in [0.717, 1.165) is 18.7 Å². The van der Waals surface area contributed by atoms with Gasteiger partial charge in [-0.1, -0.05) is 41.9 Å². The Bertz CT molecular complexity index is 1010. The molecular formula is C22H23Cl2FN2O2S. The highest BCUT2D eigenvalue weighted by Crippen LogP contribution is 2.36. The van der Waals surface area contributed by atoms with Gasteiger partial charge in [0.05, 0.1) is 24.3 Å². The molecule has 1 aliphatic heterocycles. The molecule has 1 fully saturated rings. The Hall–Kier alpha value is -1.70. The first kappa shape index (κ1) is 23.0. The van der Waals surface area contributed by atoms with E-state index in [0.29, 0.717) is 33.2 Å². The molecule has 4 nitrogen and oxygen atoms in total. The Balaban J connectivity index is 0.00000256. The molecule has 1 aliphatic rings. The Kier molecular flexibility index (Phi) is 7.71. The Morgan fingerprint density at radius 3 is 2.60 bits per heavy atom. The summed E-state index contributed by atoms with van der Waals surface area (Å²) in [5, 5.41) is 4.19. The molecule has 0 saturated carbocycles. The van der Waals surface area contributed by atoms with Gasteiger partial charge < -0.3 is 10.1 Å². The van der Waals surface area contributed by atoms with Gasteiger partial charge in [0.2, 0.25) is 0 Å². The van der Waals surface area contributed by atoms with Crippen LogP contribution in [0.25, 0.3) is 10.1 Å². The van der Waals surface area contributed by atoms with Gasteiger partial charge in [0.25, 0.3) is 5.91 Å². The van der Waals surface area contributed by atoms with E-state index in [1.165, 1.54) is 23.5 Å². The largest absolute Gasteiger partial charge is 0.379 e. The summed E-state index contributed by atoms with van der Waals surface area (Å²) >= 11 is 7.65. The molecule has 2 atom stereocenters. The third-order valence-corrected chi connectivity index (χ3v) is 6.87. The lowest BCUT2D eigenvalue weighted by Gasteiger charge is -2.38. The number of amides is 1. The molecule has 30 heavy (non-hydrogen) atoms. The van der Waals surface area contributed by atoms with Gasteiger partial charge in [-0.15, -0.1) is 23.7 Å². The number of thiophene rings is 1. The van der Waals surface area contributed by atoms with Gasteiger partial charge >= 0.3 is 0 Å². The predicted molar refractivity (Wildman–Crippen MR) is 123 cm³/mol. The first-order valence-electron chi connectivity index (χ1n) is 9.60. The first-order chi connectivity index (χ1) is 14.0. The summed E-state index contributed by atoms with van der Waals surface area (Å²) in [7, 11) is 0. The molecule has 0 bridgehead atoms. The van der Waals surface area contributed by atoms with Gasteiger partial charge in [0.15, 0.2) is 0 Å². The number of benzene rings is 2. The second kappa shape index (κ2) is 10.1. The molecule has 2 heterocycles. The van der Waals surface area contributed by atoms with Crippen molar-refractivity contribution in [3.8, 4) is 0 Å². The molecule has 3 aromatic rings. The van der Waals surface area contributed by atoms with E-state index in [1.54, 1.807) is 6.07 Å². The fourth-order valence-electron chi connectivity index (χ4n) is 3.86. The van der Waals surface area contributed by atoms with E-state index in [-0.39, 0.29) is 36.2 Å². The van der Waals surface area contributed by atoms with Crippen molar-refractivity contribution in [2.45, 2.75) is 19.0 Å². The number of halogens is 3. The van der Waals surface area contributed by atoms with Crippen LogP contribution in [0.4, 0.5) is 4.39 Å². The molecule has 1 saturated heterocycles. The van der Waals surface area contributed by atoms with Gasteiger partial charge in [0, 0.05) is 29.2 Å². The van der Waals surface area contributed by atoms with Crippen LogP contribution in [0.5, 0.6) is 0 Å². The van der Waals surface area contributed by atoms with Crippen LogP contribution in [-0.4, -0.2) is 43.2 Å². The fraction of sp³-hybridized carbons (Fsp3) is 0.318. The van der Waals surface area contributed by atoms with Crippen LogP contribution in [0.2, 0.25) is 5.02 Å². The number of hydrogen-bond donors (Lipinski definition) is 1. The Morgan fingerprint density at radius 1 is 1.20 bits per heavy atom. The molecule has 4 rings (SSSR count). The van der Waals surface area contributed by atoms with Crippen molar-refractivity contribution in [3.05, 3.63) is 69.8 Å². The lowest BCUT2D eigenvalue weighted by Crippen LogP contribution is -2.48. The van der Waals surface area contributed by atoms with Crippen LogP contribution in [0.1, 0.15) is 28.2 Å². The summed E-state index contributed by atoms with van der Waals surface area (Å²) in [5.41, 5.74) is 1.15. The van der Waals surface area contributed by atoms with Crippen LogP contribution in [0.3, 0.4) is 0 Å². The van der Waals surface area contributed by atoms with Crippen molar-refractivity contribution < 1.29 is 13.9 Å². The van der Waals surface area contributed by atoms with Crippen molar-refractivity contribution in [1.82, 2.24) is 10.2 Å². The zero-order valence-electron chi connectivity index (χ0n) is 16.4. The fourth-order valence-corrected chi connectivity index (χ4v) is 5.30. The second-order valence-electron chi connectivity index (χ2n) is 7.15. The molecule has 1 N–H and O–H groups in total. The van der Waals surface area contributed by atoms with Crippen molar-refractivity contribution in [3.63, 3.8) is 0 Å². The molecule has 8 heteroatoms. The normalized spacial score (nSPS) is 16.6. The topological polar surface area (TPSA) is 41.6 Å². The Morgan fingerprint density at radius 2 is 1.90 bits per heavy atom. The lowest BCUT2D eigenvalue weighted by atomic mass is 9.98. The van der Waals surface area contributed by atoms with Crippen LogP contribution in [-0.2, 0) is 4.74 Å². The van der Waals surface area contributed by atoms with E-state index in [1.807, 2.05) is 25.1 Å². The molecule has 0 radical (unpaired) electrons. The van der Waals surface area contributed by atoms with Crippen molar-refractivity contribution in [2.24, 2.45) is 0 Å². The van der Waals surface area contributed by atoms with E-state index in [2.05, 4.69) is 22.3 Å². The smallest absolute Gasteiger partial charge is 0.263 e. The molecule has 0 spiro atoms. The third kappa shape index (κ3) is 4.79. The highest BCUT2D eigenvalue weighted by atomic mass is 35.5. The number of nitrogens with one attached hydrogen (secondary N) is 1. The summed E-state index contributed by atoms with van der Waals surface area (Å²) in [6, 6.07) is 14.4. The average Bonchev–Trinajstić information content (AvgIpc) is 3.05. The van der Waals surface area contributed by atoms with Gasteiger partial charge in [-0.2, -0.15) is 0 Å². The van der Waals surface area contributed by atoms with Gasteiger partial charge in [0.1, 0.15) is 10.7 Å². The maximum Gasteiger partial charge on any atom is 0.263 e.